The molecule has 0 aromatic carbocycles. The van der Waals surface area contributed by atoms with E-state index < -0.39 is 10.0 Å². The summed E-state index contributed by atoms with van der Waals surface area (Å²) in [4.78, 5) is 6.86. The second-order valence-corrected chi connectivity index (χ2v) is 10.0. The summed E-state index contributed by atoms with van der Waals surface area (Å²) in [6, 6.07) is 0.175. The molecule has 1 aromatic rings. The summed E-state index contributed by atoms with van der Waals surface area (Å²) >= 11 is 0. The quantitative estimate of drug-likeness (QED) is 0.703. The molecule has 1 aromatic heterocycles. The van der Waals surface area contributed by atoms with Crippen LogP contribution in [0.25, 0.3) is 0 Å². The third-order valence-electron chi connectivity index (χ3n) is 5.97. The number of aryl methyl sites for hydroxylation is 1. The van der Waals surface area contributed by atoms with E-state index in [2.05, 4.69) is 22.0 Å². The van der Waals surface area contributed by atoms with Crippen LogP contribution in [0.4, 0.5) is 0 Å². The number of sulfonamides is 1. The molecule has 154 valence electrons. The number of likely N-dealkylation sites (tertiary alicyclic amines) is 1. The van der Waals surface area contributed by atoms with Crippen molar-refractivity contribution in [1.82, 2.24) is 19.3 Å². The maximum atomic E-state index is 12.3. The highest BCUT2D eigenvalue weighted by Crippen LogP contribution is 2.31. The SMILES string of the molecule is CCCCc1noc(CN2CCC(C3CCCCCN3S(C)(=O)=O)CC2)n1. The zero-order valence-corrected chi connectivity index (χ0v) is 17.6. The maximum Gasteiger partial charge on any atom is 0.240 e. The summed E-state index contributed by atoms with van der Waals surface area (Å²) < 4.78 is 31.7. The van der Waals surface area contributed by atoms with Crippen LogP contribution in [-0.2, 0) is 23.0 Å². The van der Waals surface area contributed by atoms with E-state index in [4.69, 9.17) is 4.52 Å². The molecule has 2 aliphatic heterocycles. The van der Waals surface area contributed by atoms with Gasteiger partial charge in [-0.3, -0.25) is 4.90 Å². The van der Waals surface area contributed by atoms with Gasteiger partial charge < -0.3 is 4.52 Å². The summed E-state index contributed by atoms with van der Waals surface area (Å²) in [5.41, 5.74) is 0. The Kier molecular flexibility index (Phi) is 7.28. The van der Waals surface area contributed by atoms with Crippen LogP contribution in [-0.4, -0.2) is 59.7 Å². The van der Waals surface area contributed by atoms with Gasteiger partial charge in [-0.2, -0.15) is 9.29 Å². The normalized spacial score (nSPS) is 24.1. The van der Waals surface area contributed by atoms with E-state index in [9.17, 15) is 8.42 Å². The fraction of sp³-hybridized carbons (Fsp3) is 0.895. The third kappa shape index (κ3) is 5.74. The Morgan fingerprint density at radius 2 is 1.89 bits per heavy atom. The molecular formula is C19H34N4O3S. The molecule has 2 fully saturated rings. The number of rotatable bonds is 7. The van der Waals surface area contributed by atoms with E-state index >= 15 is 0 Å². The van der Waals surface area contributed by atoms with Crippen molar-refractivity contribution in [2.75, 3.05) is 25.9 Å². The molecule has 0 radical (unpaired) electrons. The summed E-state index contributed by atoms with van der Waals surface area (Å²) in [5, 5.41) is 4.07. The van der Waals surface area contributed by atoms with Crippen molar-refractivity contribution in [3.05, 3.63) is 11.7 Å². The number of hydrogen-bond acceptors (Lipinski definition) is 6. The first kappa shape index (κ1) is 20.7. The number of hydrogen-bond donors (Lipinski definition) is 0. The Labute approximate surface area is 163 Å². The van der Waals surface area contributed by atoms with Gasteiger partial charge >= 0.3 is 0 Å². The fourth-order valence-corrected chi connectivity index (χ4v) is 5.70. The lowest BCUT2D eigenvalue weighted by Gasteiger charge is -2.39. The maximum absolute atomic E-state index is 12.3. The van der Waals surface area contributed by atoms with Gasteiger partial charge in [-0.1, -0.05) is 31.3 Å². The predicted octanol–water partition coefficient (Wildman–Crippen LogP) is 2.83. The van der Waals surface area contributed by atoms with E-state index in [0.717, 1.165) is 76.7 Å². The molecule has 0 bridgehead atoms. The zero-order valence-electron chi connectivity index (χ0n) is 16.8. The minimum absolute atomic E-state index is 0.175. The van der Waals surface area contributed by atoms with Gasteiger partial charge in [-0.15, -0.1) is 0 Å². The van der Waals surface area contributed by atoms with Gasteiger partial charge in [0.2, 0.25) is 15.9 Å². The third-order valence-corrected chi connectivity index (χ3v) is 7.28. The number of unbranched alkanes of at least 4 members (excludes halogenated alkanes) is 1. The first-order valence-corrected chi connectivity index (χ1v) is 12.3. The highest BCUT2D eigenvalue weighted by Gasteiger charge is 2.35. The van der Waals surface area contributed by atoms with Crippen molar-refractivity contribution in [3.63, 3.8) is 0 Å². The Hall–Kier alpha value is -0.990. The monoisotopic (exact) mass is 398 g/mol. The minimum atomic E-state index is -3.13. The van der Waals surface area contributed by atoms with E-state index in [1.807, 2.05) is 0 Å². The Bertz CT molecular complexity index is 683. The summed E-state index contributed by atoms with van der Waals surface area (Å²) in [6.07, 6.45) is 10.8. The summed E-state index contributed by atoms with van der Waals surface area (Å²) in [5.74, 6) is 1.97. The number of piperidine rings is 1. The molecule has 2 saturated heterocycles. The van der Waals surface area contributed by atoms with Gasteiger partial charge in [-0.05, 0) is 51.1 Å². The average Bonchev–Trinajstić information content (AvgIpc) is 2.92. The Balaban J connectivity index is 1.53. The van der Waals surface area contributed by atoms with Gasteiger partial charge in [0, 0.05) is 19.0 Å². The van der Waals surface area contributed by atoms with Crippen molar-refractivity contribution in [2.45, 2.75) is 77.3 Å². The minimum Gasteiger partial charge on any atom is -0.338 e. The first-order chi connectivity index (χ1) is 13.0. The summed E-state index contributed by atoms with van der Waals surface area (Å²) in [7, 11) is -3.13. The molecule has 2 aliphatic rings. The second-order valence-electron chi connectivity index (χ2n) is 8.11. The van der Waals surface area contributed by atoms with Crippen LogP contribution in [0.5, 0.6) is 0 Å². The zero-order chi connectivity index (χ0) is 19.3. The lowest BCUT2D eigenvalue weighted by Crippen LogP contribution is -2.47. The average molecular weight is 399 g/mol. The molecule has 0 amide bonds. The van der Waals surface area contributed by atoms with Crippen molar-refractivity contribution in [3.8, 4) is 0 Å². The highest BCUT2D eigenvalue weighted by molar-refractivity contribution is 7.88. The van der Waals surface area contributed by atoms with Gasteiger partial charge in [0.1, 0.15) is 0 Å². The van der Waals surface area contributed by atoms with E-state index in [0.29, 0.717) is 24.9 Å². The van der Waals surface area contributed by atoms with Crippen LogP contribution in [0, 0.1) is 5.92 Å². The largest absolute Gasteiger partial charge is 0.338 e. The van der Waals surface area contributed by atoms with Gasteiger partial charge in [0.15, 0.2) is 5.82 Å². The molecular weight excluding hydrogens is 364 g/mol. The van der Waals surface area contributed by atoms with Crippen LogP contribution in [0.1, 0.15) is 70.0 Å². The standard InChI is InChI=1S/C19H34N4O3S/c1-3-4-9-18-20-19(26-21-18)15-22-13-10-16(11-14-22)17-8-6-5-7-12-23(17)27(2,24)25/h16-17H,3-15H2,1-2H3. The van der Waals surface area contributed by atoms with E-state index in [-0.39, 0.29) is 6.04 Å². The van der Waals surface area contributed by atoms with Crippen molar-refractivity contribution in [2.24, 2.45) is 5.92 Å². The van der Waals surface area contributed by atoms with Crippen LogP contribution in [0.15, 0.2) is 4.52 Å². The van der Waals surface area contributed by atoms with Gasteiger partial charge in [-0.25, -0.2) is 8.42 Å². The van der Waals surface area contributed by atoms with Gasteiger partial charge in [0.25, 0.3) is 0 Å². The summed E-state index contributed by atoms with van der Waals surface area (Å²) in [6.45, 7) is 5.47. The van der Waals surface area contributed by atoms with E-state index in [1.165, 1.54) is 6.26 Å². The smallest absolute Gasteiger partial charge is 0.240 e. The molecule has 3 heterocycles. The van der Waals surface area contributed by atoms with E-state index in [1.54, 1.807) is 4.31 Å². The lowest BCUT2D eigenvalue weighted by molar-refractivity contribution is 0.115. The van der Waals surface area contributed by atoms with Crippen LogP contribution < -0.4 is 0 Å². The molecule has 7 nitrogen and oxygen atoms in total. The molecule has 27 heavy (non-hydrogen) atoms. The van der Waals surface area contributed by atoms with Crippen molar-refractivity contribution < 1.29 is 12.9 Å². The molecule has 3 rings (SSSR count). The first-order valence-electron chi connectivity index (χ1n) is 10.5. The topological polar surface area (TPSA) is 79.5 Å². The van der Waals surface area contributed by atoms with Crippen molar-refractivity contribution >= 4 is 10.0 Å². The number of aromatic nitrogens is 2. The lowest BCUT2D eigenvalue weighted by atomic mass is 9.87. The molecule has 0 aliphatic carbocycles. The molecule has 0 N–H and O–H groups in total. The molecule has 8 heteroatoms. The van der Waals surface area contributed by atoms with Crippen molar-refractivity contribution in [1.29, 1.82) is 0 Å². The molecule has 1 atom stereocenters. The Morgan fingerprint density at radius 1 is 1.11 bits per heavy atom. The highest BCUT2D eigenvalue weighted by atomic mass is 32.2. The van der Waals surface area contributed by atoms with Gasteiger partial charge in [0.05, 0.1) is 12.8 Å². The van der Waals surface area contributed by atoms with Crippen LogP contribution >= 0.6 is 0 Å². The fourth-order valence-electron chi connectivity index (χ4n) is 4.47. The Morgan fingerprint density at radius 3 is 2.59 bits per heavy atom. The predicted molar refractivity (Wildman–Crippen MR) is 105 cm³/mol. The second kappa shape index (κ2) is 9.47. The van der Waals surface area contributed by atoms with Crippen LogP contribution in [0.2, 0.25) is 0 Å². The molecule has 0 spiro atoms. The molecule has 0 saturated carbocycles. The van der Waals surface area contributed by atoms with Crippen LogP contribution in [0.3, 0.4) is 0 Å². The molecule has 1 unspecified atom stereocenters. The number of nitrogens with zero attached hydrogens (tertiary/aromatic N) is 4.